The lowest BCUT2D eigenvalue weighted by Crippen LogP contribution is -2.02. The molecule has 0 aliphatic carbocycles. The van der Waals surface area contributed by atoms with Crippen molar-refractivity contribution in [1.29, 1.82) is 0 Å². The second-order valence-corrected chi connectivity index (χ2v) is 3.68. The number of oxime groups is 1. The van der Waals surface area contributed by atoms with Gasteiger partial charge in [-0.25, -0.2) is 0 Å². The maximum Gasteiger partial charge on any atom is 0.117 e. The van der Waals surface area contributed by atoms with Crippen LogP contribution in [0.5, 0.6) is 0 Å². The van der Waals surface area contributed by atoms with Gasteiger partial charge in [-0.2, -0.15) is 0 Å². The van der Waals surface area contributed by atoms with E-state index in [0.29, 0.717) is 5.71 Å². The van der Waals surface area contributed by atoms with E-state index in [4.69, 9.17) is 5.21 Å². The van der Waals surface area contributed by atoms with Crippen LogP contribution in [0.15, 0.2) is 59.8 Å². The molecule has 0 saturated carbocycles. The molecule has 2 aromatic carbocycles. The van der Waals surface area contributed by atoms with Crippen molar-refractivity contribution < 1.29 is 5.21 Å². The van der Waals surface area contributed by atoms with Gasteiger partial charge in [0.1, 0.15) is 5.71 Å². The second-order valence-electron chi connectivity index (χ2n) is 3.68. The van der Waals surface area contributed by atoms with Gasteiger partial charge in [0, 0.05) is 11.1 Å². The largest absolute Gasteiger partial charge is 0.410 e. The maximum atomic E-state index is 9.09. The minimum absolute atomic E-state index is 0.598. The van der Waals surface area contributed by atoms with Crippen molar-refractivity contribution in [1.82, 2.24) is 0 Å². The van der Waals surface area contributed by atoms with Crippen molar-refractivity contribution in [2.75, 3.05) is 0 Å². The summed E-state index contributed by atoms with van der Waals surface area (Å²) in [6, 6.07) is 17.6. The third kappa shape index (κ3) is 2.11. The summed E-state index contributed by atoms with van der Waals surface area (Å²) in [6.45, 7) is 2.03. The Morgan fingerprint density at radius 2 is 1.44 bits per heavy atom. The van der Waals surface area contributed by atoms with Gasteiger partial charge in [0.2, 0.25) is 0 Å². The number of rotatable bonds is 2. The van der Waals surface area contributed by atoms with E-state index in [9.17, 15) is 0 Å². The molecule has 0 unspecified atom stereocenters. The molecule has 0 saturated heterocycles. The summed E-state index contributed by atoms with van der Waals surface area (Å²) in [5.41, 5.74) is 3.61. The summed E-state index contributed by atoms with van der Waals surface area (Å²) in [7, 11) is 0. The quantitative estimate of drug-likeness (QED) is 0.461. The fraction of sp³-hybridized carbons (Fsp3) is 0.0714. The third-order valence-corrected chi connectivity index (χ3v) is 2.47. The first-order valence-corrected chi connectivity index (χ1v) is 5.16. The van der Waals surface area contributed by atoms with E-state index in [-0.39, 0.29) is 0 Å². The molecule has 0 amide bonds. The van der Waals surface area contributed by atoms with E-state index >= 15 is 0 Å². The van der Waals surface area contributed by atoms with Gasteiger partial charge < -0.3 is 5.21 Å². The van der Waals surface area contributed by atoms with Crippen LogP contribution < -0.4 is 0 Å². The molecule has 0 spiro atoms. The van der Waals surface area contributed by atoms with Crippen LogP contribution in [0.2, 0.25) is 0 Å². The molecule has 2 heteroatoms. The normalized spacial score (nSPS) is 11.4. The van der Waals surface area contributed by atoms with Crippen LogP contribution in [0.1, 0.15) is 16.7 Å². The summed E-state index contributed by atoms with van der Waals surface area (Å²) in [4.78, 5) is 0. The molecule has 0 atom stereocenters. The molecule has 16 heavy (non-hydrogen) atoms. The molecule has 2 nitrogen and oxygen atoms in total. The van der Waals surface area contributed by atoms with Crippen molar-refractivity contribution in [3.05, 3.63) is 71.3 Å². The Hall–Kier alpha value is -2.09. The van der Waals surface area contributed by atoms with E-state index in [0.717, 1.165) is 11.1 Å². The summed E-state index contributed by atoms with van der Waals surface area (Å²) < 4.78 is 0. The van der Waals surface area contributed by atoms with E-state index in [1.807, 2.05) is 61.5 Å². The van der Waals surface area contributed by atoms with Gasteiger partial charge in [-0.3, -0.25) is 0 Å². The minimum atomic E-state index is 0.598. The van der Waals surface area contributed by atoms with Gasteiger partial charge in [0.25, 0.3) is 0 Å². The first-order valence-electron chi connectivity index (χ1n) is 5.16. The molecule has 2 aromatic rings. The smallest absolute Gasteiger partial charge is 0.117 e. The third-order valence-electron chi connectivity index (χ3n) is 2.47. The first kappa shape index (κ1) is 10.4. The van der Waals surface area contributed by atoms with Crippen LogP contribution in [0, 0.1) is 6.92 Å². The highest BCUT2D eigenvalue weighted by Crippen LogP contribution is 2.11. The topological polar surface area (TPSA) is 32.6 Å². The van der Waals surface area contributed by atoms with Gasteiger partial charge in [0.05, 0.1) is 0 Å². The predicted molar refractivity (Wildman–Crippen MR) is 65.0 cm³/mol. The molecule has 1 N–H and O–H groups in total. The molecular weight excluding hydrogens is 198 g/mol. The van der Waals surface area contributed by atoms with E-state index in [2.05, 4.69) is 5.16 Å². The van der Waals surface area contributed by atoms with Crippen molar-refractivity contribution in [3.63, 3.8) is 0 Å². The molecule has 0 aliphatic heterocycles. The number of hydrogen-bond acceptors (Lipinski definition) is 2. The Kier molecular flexibility index (Phi) is 3.01. The summed E-state index contributed by atoms with van der Waals surface area (Å²) in [6.07, 6.45) is 0. The van der Waals surface area contributed by atoms with Crippen LogP contribution in [0.4, 0.5) is 0 Å². The van der Waals surface area contributed by atoms with Gasteiger partial charge in [-0.1, -0.05) is 65.3 Å². The average Bonchev–Trinajstić information content (AvgIpc) is 2.34. The van der Waals surface area contributed by atoms with Gasteiger partial charge in [-0.15, -0.1) is 0 Å². The Morgan fingerprint density at radius 3 is 2.00 bits per heavy atom. The SMILES string of the molecule is Cc1ccc(/C(=N/O)c2ccccc2)cc1. The number of aryl methyl sites for hydroxylation is 1. The highest BCUT2D eigenvalue weighted by Gasteiger charge is 2.06. The first-order chi connectivity index (χ1) is 7.81. The fourth-order valence-electron chi connectivity index (χ4n) is 1.59. The molecule has 0 aromatic heterocycles. The average molecular weight is 211 g/mol. The molecule has 0 bridgehead atoms. The van der Waals surface area contributed by atoms with Gasteiger partial charge >= 0.3 is 0 Å². The number of hydrogen-bond donors (Lipinski definition) is 1. The van der Waals surface area contributed by atoms with Crippen molar-refractivity contribution in [2.24, 2.45) is 5.16 Å². The van der Waals surface area contributed by atoms with Crippen molar-refractivity contribution in [2.45, 2.75) is 6.92 Å². The molecular formula is C14H13NO. The standard InChI is InChI=1S/C14H13NO/c1-11-7-9-13(10-8-11)14(15-16)12-5-3-2-4-6-12/h2-10,16H,1H3/b15-14+. The van der Waals surface area contributed by atoms with Crippen molar-refractivity contribution >= 4 is 5.71 Å². The zero-order chi connectivity index (χ0) is 11.4. The lowest BCUT2D eigenvalue weighted by atomic mass is 10.0. The minimum Gasteiger partial charge on any atom is -0.410 e. The summed E-state index contributed by atoms with van der Waals surface area (Å²) in [5, 5.41) is 12.5. The molecule has 2 rings (SSSR count). The molecule has 0 radical (unpaired) electrons. The highest BCUT2D eigenvalue weighted by atomic mass is 16.4. The Balaban J connectivity index is 2.42. The van der Waals surface area contributed by atoms with Crippen LogP contribution in [-0.2, 0) is 0 Å². The van der Waals surface area contributed by atoms with E-state index in [1.54, 1.807) is 0 Å². The predicted octanol–water partition coefficient (Wildman–Crippen LogP) is 3.22. The monoisotopic (exact) mass is 211 g/mol. The van der Waals surface area contributed by atoms with Crippen LogP contribution in [0.3, 0.4) is 0 Å². The van der Waals surface area contributed by atoms with Crippen molar-refractivity contribution in [3.8, 4) is 0 Å². The molecule has 0 aliphatic rings. The maximum absolute atomic E-state index is 9.09. The summed E-state index contributed by atoms with van der Waals surface area (Å²) >= 11 is 0. The molecule has 0 heterocycles. The van der Waals surface area contributed by atoms with Crippen LogP contribution >= 0.6 is 0 Å². The van der Waals surface area contributed by atoms with Crippen LogP contribution in [0.25, 0.3) is 0 Å². The number of benzene rings is 2. The second kappa shape index (κ2) is 4.62. The zero-order valence-corrected chi connectivity index (χ0v) is 9.09. The highest BCUT2D eigenvalue weighted by molar-refractivity contribution is 6.12. The number of nitrogens with zero attached hydrogens (tertiary/aromatic N) is 1. The Bertz CT molecular complexity index is 486. The Labute approximate surface area is 94.9 Å². The van der Waals surface area contributed by atoms with E-state index in [1.165, 1.54) is 5.56 Å². The molecule has 80 valence electrons. The van der Waals surface area contributed by atoms with E-state index < -0.39 is 0 Å². The zero-order valence-electron chi connectivity index (χ0n) is 9.09. The van der Waals surface area contributed by atoms with Crippen LogP contribution in [-0.4, -0.2) is 10.9 Å². The lowest BCUT2D eigenvalue weighted by Gasteiger charge is -2.04. The molecule has 0 fully saturated rings. The fourth-order valence-corrected chi connectivity index (χ4v) is 1.59. The van der Waals surface area contributed by atoms with Gasteiger partial charge in [0.15, 0.2) is 0 Å². The lowest BCUT2D eigenvalue weighted by molar-refractivity contribution is 0.319. The summed E-state index contributed by atoms with van der Waals surface area (Å²) in [5.74, 6) is 0. The Morgan fingerprint density at radius 1 is 0.875 bits per heavy atom. The van der Waals surface area contributed by atoms with Gasteiger partial charge in [-0.05, 0) is 6.92 Å².